The molecule has 3 nitrogen and oxygen atoms in total. The summed E-state index contributed by atoms with van der Waals surface area (Å²) in [6.45, 7) is 5.93. The maximum Gasteiger partial charge on any atom is 0.338 e. The van der Waals surface area contributed by atoms with Crippen molar-refractivity contribution in [3.8, 4) is 0 Å². The second-order valence-electron chi connectivity index (χ2n) is 4.63. The number of unbranched alkanes of at least 4 members (excludes halogenated alkanes) is 1. The van der Waals surface area contributed by atoms with Crippen LogP contribution in [-0.4, -0.2) is 17.7 Å². The Morgan fingerprint density at radius 3 is 2.35 bits per heavy atom. The van der Waals surface area contributed by atoms with E-state index in [1.165, 1.54) is 0 Å². The molecule has 0 aliphatic carbocycles. The molecule has 0 saturated carbocycles. The summed E-state index contributed by atoms with van der Waals surface area (Å²) in [4.78, 5) is 11.6. The van der Waals surface area contributed by atoms with E-state index in [0.717, 1.165) is 18.4 Å². The molecule has 0 aliphatic rings. The van der Waals surface area contributed by atoms with Crippen LogP contribution in [0, 0.1) is 0 Å². The first kappa shape index (κ1) is 13.7. The first-order valence-corrected chi connectivity index (χ1v) is 5.95. The zero-order chi connectivity index (χ0) is 12.9. The number of aliphatic hydroxyl groups is 1. The Morgan fingerprint density at radius 2 is 1.88 bits per heavy atom. The molecule has 0 bridgehead atoms. The third-order valence-corrected chi connectivity index (χ3v) is 2.56. The van der Waals surface area contributed by atoms with Crippen molar-refractivity contribution in [2.75, 3.05) is 6.61 Å². The van der Waals surface area contributed by atoms with Gasteiger partial charge < -0.3 is 9.84 Å². The second kappa shape index (κ2) is 5.82. The van der Waals surface area contributed by atoms with E-state index in [1.807, 2.05) is 6.92 Å². The van der Waals surface area contributed by atoms with Gasteiger partial charge in [0.25, 0.3) is 0 Å². The van der Waals surface area contributed by atoms with Gasteiger partial charge in [-0.2, -0.15) is 0 Å². The fourth-order valence-corrected chi connectivity index (χ4v) is 1.41. The lowest BCUT2D eigenvalue weighted by atomic mass is 9.97. The molecule has 1 N–H and O–H groups in total. The number of hydrogen-bond donors (Lipinski definition) is 1. The van der Waals surface area contributed by atoms with Crippen LogP contribution in [0.4, 0.5) is 0 Å². The highest BCUT2D eigenvalue weighted by molar-refractivity contribution is 5.89. The van der Waals surface area contributed by atoms with Crippen molar-refractivity contribution in [2.45, 2.75) is 39.2 Å². The van der Waals surface area contributed by atoms with Gasteiger partial charge in [0.2, 0.25) is 0 Å². The second-order valence-corrected chi connectivity index (χ2v) is 4.63. The summed E-state index contributed by atoms with van der Waals surface area (Å²) < 4.78 is 5.09. The molecular weight excluding hydrogens is 216 g/mol. The molecule has 0 saturated heterocycles. The van der Waals surface area contributed by atoms with Gasteiger partial charge in [0.05, 0.1) is 17.8 Å². The third-order valence-electron chi connectivity index (χ3n) is 2.56. The maximum absolute atomic E-state index is 11.6. The molecule has 3 heteroatoms. The lowest BCUT2D eigenvalue weighted by Gasteiger charge is -2.17. The molecule has 1 aromatic rings. The molecule has 1 rings (SSSR count). The van der Waals surface area contributed by atoms with Gasteiger partial charge in [-0.05, 0) is 38.0 Å². The number of carbonyl (C=O) groups is 1. The first-order valence-electron chi connectivity index (χ1n) is 5.95. The van der Waals surface area contributed by atoms with Gasteiger partial charge >= 0.3 is 5.97 Å². The van der Waals surface area contributed by atoms with E-state index in [4.69, 9.17) is 4.74 Å². The summed E-state index contributed by atoms with van der Waals surface area (Å²) in [5, 5.41) is 9.78. The number of carbonyl (C=O) groups excluding carboxylic acids is 1. The molecule has 0 aromatic heterocycles. The van der Waals surface area contributed by atoms with Crippen LogP contribution in [0.5, 0.6) is 0 Å². The van der Waals surface area contributed by atoms with Gasteiger partial charge in [-0.15, -0.1) is 0 Å². The topological polar surface area (TPSA) is 46.5 Å². The van der Waals surface area contributed by atoms with E-state index < -0.39 is 5.60 Å². The van der Waals surface area contributed by atoms with Crippen molar-refractivity contribution in [3.63, 3.8) is 0 Å². The number of esters is 1. The van der Waals surface area contributed by atoms with E-state index in [-0.39, 0.29) is 5.97 Å². The normalized spacial score (nSPS) is 11.3. The summed E-state index contributed by atoms with van der Waals surface area (Å²) in [6.07, 6.45) is 1.89. The zero-order valence-corrected chi connectivity index (χ0v) is 10.7. The fraction of sp³-hybridized carbons (Fsp3) is 0.500. The van der Waals surface area contributed by atoms with E-state index in [0.29, 0.717) is 12.2 Å². The Kier molecular flexibility index (Phi) is 4.70. The highest BCUT2D eigenvalue weighted by Gasteiger charge is 2.16. The van der Waals surface area contributed by atoms with Crippen LogP contribution < -0.4 is 0 Å². The predicted molar refractivity (Wildman–Crippen MR) is 66.9 cm³/mol. The molecule has 0 heterocycles. The smallest absolute Gasteiger partial charge is 0.338 e. The van der Waals surface area contributed by atoms with Crippen LogP contribution in [0.1, 0.15) is 49.5 Å². The maximum atomic E-state index is 11.6. The average Bonchev–Trinajstić information content (AvgIpc) is 2.28. The van der Waals surface area contributed by atoms with Crippen molar-refractivity contribution in [3.05, 3.63) is 35.4 Å². The van der Waals surface area contributed by atoms with Crippen molar-refractivity contribution in [1.29, 1.82) is 0 Å². The lowest BCUT2D eigenvalue weighted by molar-refractivity contribution is 0.0498. The van der Waals surface area contributed by atoms with Crippen molar-refractivity contribution < 1.29 is 14.6 Å². The van der Waals surface area contributed by atoms with Crippen LogP contribution in [0.25, 0.3) is 0 Å². The quantitative estimate of drug-likeness (QED) is 0.631. The molecule has 0 atom stereocenters. The van der Waals surface area contributed by atoms with E-state index in [9.17, 15) is 9.90 Å². The number of rotatable bonds is 5. The van der Waals surface area contributed by atoms with Gasteiger partial charge in [0.1, 0.15) is 0 Å². The van der Waals surface area contributed by atoms with Crippen LogP contribution in [-0.2, 0) is 10.3 Å². The van der Waals surface area contributed by atoms with Gasteiger partial charge in [0, 0.05) is 0 Å². The summed E-state index contributed by atoms with van der Waals surface area (Å²) in [5.41, 5.74) is 0.418. The Labute approximate surface area is 102 Å². The SMILES string of the molecule is CCCCOC(=O)c1ccc(C(C)(C)O)cc1. The molecule has 17 heavy (non-hydrogen) atoms. The van der Waals surface area contributed by atoms with Crippen molar-refractivity contribution >= 4 is 5.97 Å². The number of ether oxygens (including phenoxy) is 1. The molecule has 0 spiro atoms. The number of hydrogen-bond acceptors (Lipinski definition) is 3. The molecule has 0 fully saturated rings. The third kappa shape index (κ3) is 4.19. The molecule has 0 aliphatic heterocycles. The van der Waals surface area contributed by atoms with Crippen LogP contribution in [0.3, 0.4) is 0 Å². The minimum atomic E-state index is -0.884. The van der Waals surface area contributed by atoms with Crippen molar-refractivity contribution in [1.82, 2.24) is 0 Å². The van der Waals surface area contributed by atoms with E-state index in [1.54, 1.807) is 38.1 Å². The largest absolute Gasteiger partial charge is 0.462 e. The van der Waals surface area contributed by atoms with Gasteiger partial charge in [0.15, 0.2) is 0 Å². The van der Waals surface area contributed by atoms with Gasteiger partial charge in [-0.3, -0.25) is 0 Å². The number of benzene rings is 1. The Hall–Kier alpha value is -1.35. The molecule has 0 radical (unpaired) electrons. The Bertz CT molecular complexity index is 360. The Morgan fingerprint density at radius 1 is 1.29 bits per heavy atom. The summed E-state index contributed by atoms with van der Waals surface area (Å²) in [6, 6.07) is 6.86. The fourth-order valence-electron chi connectivity index (χ4n) is 1.41. The minimum absolute atomic E-state index is 0.305. The predicted octanol–water partition coefficient (Wildman–Crippen LogP) is 2.87. The molecule has 94 valence electrons. The van der Waals surface area contributed by atoms with E-state index >= 15 is 0 Å². The molecule has 0 unspecified atom stereocenters. The highest BCUT2D eigenvalue weighted by Crippen LogP contribution is 2.19. The van der Waals surface area contributed by atoms with Crippen molar-refractivity contribution in [2.24, 2.45) is 0 Å². The van der Waals surface area contributed by atoms with Gasteiger partial charge in [-0.25, -0.2) is 4.79 Å². The monoisotopic (exact) mass is 236 g/mol. The standard InChI is InChI=1S/C14H20O3/c1-4-5-10-17-13(15)11-6-8-12(9-7-11)14(2,3)16/h6-9,16H,4-5,10H2,1-3H3. The minimum Gasteiger partial charge on any atom is -0.462 e. The first-order chi connectivity index (χ1) is 7.95. The summed E-state index contributed by atoms with van der Waals surface area (Å²) in [7, 11) is 0. The Balaban J connectivity index is 2.64. The summed E-state index contributed by atoms with van der Waals surface area (Å²) in [5.74, 6) is -0.305. The molecule has 0 amide bonds. The lowest BCUT2D eigenvalue weighted by Crippen LogP contribution is -2.15. The molecular formula is C14H20O3. The van der Waals surface area contributed by atoms with Crippen LogP contribution in [0.15, 0.2) is 24.3 Å². The van der Waals surface area contributed by atoms with Gasteiger partial charge in [-0.1, -0.05) is 25.5 Å². The van der Waals surface area contributed by atoms with E-state index in [2.05, 4.69) is 0 Å². The highest BCUT2D eigenvalue weighted by atomic mass is 16.5. The summed E-state index contributed by atoms with van der Waals surface area (Å²) >= 11 is 0. The van der Waals surface area contributed by atoms with Crippen LogP contribution in [0.2, 0.25) is 0 Å². The molecule has 1 aromatic carbocycles. The van der Waals surface area contributed by atoms with Crippen LogP contribution >= 0.6 is 0 Å². The average molecular weight is 236 g/mol. The zero-order valence-electron chi connectivity index (χ0n) is 10.7.